The Labute approximate surface area is 111 Å². The highest BCUT2D eigenvalue weighted by Gasteiger charge is 2.17. The Morgan fingerprint density at radius 3 is 2.78 bits per heavy atom. The van der Waals surface area contributed by atoms with Crippen LogP contribution in [-0.4, -0.2) is 17.2 Å². The molecule has 18 heavy (non-hydrogen) atoms. The van der Waals surface area contributed by atoms with Gasteiger partial charge in [0.25, 0.3) is 0 Å². The van der Waals surface area contributed by atoms with E-state index in [-0.39, 0.29) is 0 Å². The molecule has 0 saturated heterocycles. The van der Waals surface area contributed by atoms with Gasteiger partial charge in [0.15, 0.2) is 0 Å². The van der Waals surface area contributed by atoms with Gasteiger partial charge in [-0.1, -0.05) is 23.7 Å². The van der Waals surface area contributed by atoms with Crippen molar-refractivity contribution in [3.63, 3.8) is 0 Å². The first-order valence-electron chi connectivity index (χ1n) is 5.56. The molecule has 0 aliphatic carbocycles. The third-order valence-corrected chi connectivity index (χ3v) is 3.20. The fourth-order valence-electron chi connectivity index (χ4n) is 1.72. The maximum atomic E-state index is 10.3. The van der Waals surface area contributed by atoms with Gasteiger partial charge in [-0.15, -0.1) is 0 Å². The number of ether oxygens (including phenoxy) is 1. The lowest BCUT2D eigenvalue weighted by atomic mass is 10.0. The second kappa shape index (κ2) is 5.38. The summed E-state index contributed by atoms with van der Waals surface area (Å²) in [5.74, 6) is 0.557. The number of benzene rings is 1. The molecule has 1 aromatic heterocycles. The van der Waals surface area contributed by atoms with Crippen LogP contribution in [0.2, 0.25) is 5.02 Å². The van der Waals surface area contributed by atoms with Crippen LogP contribution < -0.4 is 4.74 Å². The third kappa shape index (κ3) is 2.47. The van der Waals surface area contributed by atoms with Crippen molar-refractivity contribution < 1.29 is 9.84 Å². The van der Waals surface area contributed by atoms with Gasteiger partial charge in [0.1, 0.15) is 17.5 Å². The van der Waals surface area contributed by atoms with E-state index in [1.165, 1.54) is 0 Å². The van der Waals surface area contributed by atoms with Crippen LogP contribution in [-0.2, 0) is 0 Å². The first-order valence-corrected chi connectivity index (χ1v) is 5.94. The first kappa shape index (κ1) is 12.9. The maximum Gasteiger partial charge on any atom is 0.143 e. The van der Waals surface area contributed by atoms with Gasteiger partial charge in [0.05, 0.1) is 7.11 Å². The van der Waals surface area contributed by atoms with Crippen LogP contribution >= 0.6 is 11.6 Å². The smallest absolute Gasteiger partial charge is 0.143 e. The molecule has 0 spiro atoms. The summed E-state index contributed by atoms with van der Waals surface area (Å²) in [6.07, 6.45) is 0.774. The van der Waals surface area contributed by atoms with E-state index >= 15 is 0 Å². The van der Waals surface area contributed by atoms with Gasteiger partial charge in [-0.25, -0.2) is 0 Å². The van der Waals surface area contributed by atoms with Gasteiger partial charge in [-0.05, 0) is 36.2 Å². The Kier molecular flexibility index (Phi) is 3.84. The van der Waals surface area contributed by atoms with E-state index in [4.69, 9.17) is 16.3 Å². The molecule has 3 nitrogen and oxygen atoms in total. The molecular weight excluding hydrogens is 250 g/mol. The van der Waals surface area contributed by atoms with Crippen molar-refractivity contribution in [2.75, 3.05) is 7.11 Å². The average molecular weight is 264 g/mol. The standard InChI is InChI=1S/C14H14ClNO2/c1-9-5-6-10(8-11(9)15)14(17)13-12(18-2)4-3-7-16-13/h3-8,14,17H,1-2H3. The number of methoxy groups -OCH3 is 1. The van der Waals surface area contributed by atoms with Crippen molar-refractivity contribution in [3.05, 3.63) is 58.4 Å². The van der Waals surface area contributed by atoms with Crippen LogP contribution in [0.15, 0.2) is 36.5 Å². The Hall–Kier alpha value is -1.58. The molecule has 1 heterocycles. The summed E-state index contributed by atoms with van der Waals surface area (Å²) in [6, 6.07) is 8.98. The fourth-order valence-corrected chi connectivity index (χ4v) is 1.91. The van der Waals surface area contributed by atoms with Crippen LogP contribution in [0, 0.1) is 6.92 Å². The largest absolute Gasteiger partial charge is 0.495 e. The van der Waals surface area contributed by atoms with Crippen molar-refractivity contribution in [1.29, 1.82) is 0 Å². The van der Waals surface area contributed by atoms with E-state index in [1.807, 2.05) is 19.1 Å². The van der Waals surface area contributed by atoms with Gasteiger partial charge in [-0.3, -0.25) is 4.98 Å². The van der Waals surface area contributed by atoms with Gasteiger partial charge < -0.3 is 9.84 Å². The number of aliphatic hydroxyl groups is 1. The quantitative estimate of drug-likeness (QED) is 0.925. The van der Waals surface area contributed by atoms with Crippen LogP contribution in [0.3, 0.4) is 0 Å². The Morgan fingerprint density at radius 1 is 1.33 bits per heavy atom. The van der Waals surface area contributed by atoms with Crippen LogP contribution in [0.4, 0.5) is 0 Å². The second-order valence-corrected chi connectivity index (χ2v) is 4.41. The molecular formula is C14H14ClNO2. The normalized spacial score (nSPS) is 12.2. The van der Waals surface area contributed by atoms with E-state index in [0.717, 1.165) is 5.56 Å². The van der Waals surface area contributed by atoms with Crippen molar-refractivity contribution in [1.82, 2.24) is 4.98 Å². The molecule has 0 amide bonds. The number of pyridine rings is 1. The first-order chi connectivity index (χ1) is 8.63. The Morgan fingerprint density at radius 2 is 2.11 bits per heavy atom. The van der Waals surface area contributed by atoms with Gasteiger partial charge >= 0.3 is 0 Å². The summed E-state index contributed by atoms with van der Waals surface area (Å²) in [7, 11) is 1.55. The summed E-state index contributed by atoms with van der Waals surface area (Å²) in [5, 5.41) is 10.9. The lowest BCUT2D eigenvalue weighted by molar-refractivity contribution is 0.209. The zero-order chi connectivity index (χ0) is 13.1. The van der Waals surface area contributed by atoms with E-state index in [0.29, 0.717) is 22.0 Å². The third-order valence-electron chi connectivity index (χ3n) is 2.79. The van der Waals surface area contributed by atoms with Crippen LogP contribution in [0.5, 0.6) is 5.75 Å². The topological polar surface area (TPSA) is 42.4 Å². The zero-order valence-electron chi connectivity index (χ0n) is 10.2. The lowest BCUT2D eigenvalue weighted by Gasteiger charge is -2.14. The van der Waals surface area contributed by atoms with Gasteiger partial charge in [-0.2, -0.15) is 0 Å². The number of aromatic nitrogens is 1. The summed E-state index contributed by atoms with van der Waals surface area (Å²) in [5.41, 5.74) is 2.16. The minimum Gasteiger partial charge on any atom is -0.495 e. The Balaban J connectivity index is 2.41. The molecule has 1 atom stereocenters. The number of aryl methyl sites for hydroxylation is 1. The minimum atomic E-state index is -0.848. The molecule has 0 radical (unpaired) electrons. The number of hydrogen-bond acceptors (Lipinski definition) is 3. The predicted molar refractivity (Wildman–Crippen MR) is 71.0 cm³/mol. The summed E-state index contributed by atoms with van der Waals surface area (Å²) < 4.78 is 5.19. The fraction of sp³-hybridized carbons (Fsp3) is 0.214. The van der Waals surface area contributed by atoms with Gasteiger partial charge in [0.2, 0.25) is 0 Å². The molecule has 94 valence electrons. The zero-order valence-corrected chi connectivity index (χ0v) is 11.0. The van der Waals surface area contributed by atoms with Crippen molar-refractivity contribution >= 4 is 11.6 Å². The molecule has 1 aromatic carbocycles. The van der Waals surface area contributed by atoms with E-state index < -0.39 is 6.10 Å². The van der Waals surface area contributed by atoms with Gasteiger partial charge in [0, 0.05) is 11.2 Å². The van der Waals surface area contributed by atoms with E-state index in [1.54, 1.807) is 31.5 Å². The van der Waals surface area contributed by atoms with Crippen molar-refractivity contribution in [3.8, 4) is 5.75 Å². The molecule has 1 N–H and O–H groups in total. The number of hydrogen-bond donors (Lipinski definition) is 1. The molecule has 0 saturated carbocycles. The highest BCUT2D eigenvalue weighted by molar-refractivity contribution is 6.31. The predicted octanol–water partition coefficient (Wildman–Crippen LogP) is 3.13. The average Bonchev–Trinajstić information content (AvgIpc) is 2.41. The highest BCUT2D eigenvalue weighted by atomic mass is 35.5. The molecule has 2 rings (SSSR count). The number of rotatable bonds is 3. The number of nitrogens with zero attached hydrogens (tertiary/aromatic N) is 1. The number of aliphatic hydroxyl groups excluding tert-OH is 1. The molecule has 0 aliphatic rings. The van der Waals surface area contributed by atoms with Crippen molar-refractivity contribution in [2.24, 2.45) is 0 Å². The minimum absolute atomic E-state index is 0.486. The van der Waals surface area contributed by atoms with E-state index in [2.05, 4.69) is 4.98 Å². The molecule has 1 unspecified atom stereocenters. The summed E-state index contributed by atoms with van der Waals surface area (Å²) in [4.78, 5) is 4.16. The SMILES string of the molecule is COc1cccnc1C(O)c1ccc(C)c(Cl)c1. The van der Waals surface area contributed by atoms with Crippen LogP contribution in [0.1, 0.15) is 22.9 Å². The molecule has 2 aromatic rings. The molecule has 0 fully saturated rings. The summed E-state index contributed by atoms with van der Waals surface area (Å²) in [6.45, 7) is 1.92. The van der Waals surface area contributed by atoms with Crippen molar-refractivity contribution in [2.45, 2.75) is 13.0 Å². The maximum absolute atomic E-state index is 10.3. The lowest BCUT2D eigenvalue weighted by Crippen LogP contribution is -2.05. The molecule has 0 bridgehead atoms. The second-order valence-electron chi connectivity index (χ2n) is 4.00. The highest BCUT2D eigenvalue weighted by Crippen LogP contribution is 2.29. The van der Waals surface area contributed by atoms with Crippen LogP contribution in [0.25, 0.3) is 0 Å². The van der Waals surface area contributed by atoms with E-state index in [9.17, 15) is 5.11 Å². The summed E-state index contributed by atoms with van der Waals surface area (Å²) >= 11 is 6.06. The Bertz CT molecular complexity index is 557. The molecule has 4 heteroatoms. The molecule has 0 aliphatic heterocycles. The monoisotopic (exact) mass is 263 g/mol. The number of halogens is 1.